The standard InChI is InChI=1S/C26H30N6O3/c1-16-19(14-27)6-5-7-20(16)17(2)28-24-21-15-32(31-10-12-34-13-11-31)25(33)23(35-26(4)8-9-26)22(21)29-18(3)30-24/h5-7,15,17H,8-13H2,1-4H3,(H,28,29,30)/t17-/m1/s1. The molecular weight excluding hydrogens is 444 g/mol. The van der Waals surface area contributed by atoms with Crippen molar-refractivity contribution in [2.24, 2.45) is 0 Å². The summed E-state index contributed by atoms with van der Waals surface area (Å²) in [5.74, 6) is 1.43. The summed E-state index contributed by atoms with van der Waals surface area (Å²) in [6, 6.07) is 7.84. The number of rotatable bonds is 6. The zero-order valence-electron chi connectivity index (χ0n) is 20.6. The van der Waals surface area contributed by atoms with Gasteiger partial charge in [-0.15, -0.1) is 0 Å². The minimum absolute atomic E-state index is 0.130. The van der Waals surface area contributed by atoms with Crippen LogP contribution >= 0.6 is 0 Å². The van der Waals surface area contributed by atoms with Crippen molar-refractivity contribution in [2.45, 2.75) is 52.2 Å². The number of aromatic nitrogens is 3. The van der Waals surface area contributed by atoms with Crippen LogP contribution in [0.5, 0.6) is 5.75 Å². The number of hydrogen-bond acceptors (Lipinski definition) is 8. The van der Waals surface area contributed by atoms with Gasteiger partial charge < -0.3 is 19.8 Å². The predicted molar refractivity (Wildman–Crippen MR) is 134 cm³/mol. The third-order valence-electron chi connectivity index (χ3n) is 6.84. The summed E-state index contributed by atoms with van der Waals surface area (Å²) in [6.45, 7) is 10.1. The summed E-state index contributed by atoms with van der Waals surface area (Å²) >= 11 is 0. The number of aryl methyl sites for hydroxylation is 1. The van der Waals surface area contributed by atoms with Crippen molar-refractivity contribution in [3.05, 3.63) is 57.3 Å². The molecule has 5 rings (SSSR count). The van der Waals surface area contributed by atoms with Crippen molar-refractivity contribution < 1.29 is 9.47 Å². The fourth-order valence-corrected chi connectivity index (χ4v) is 4.50. The quantitative estimate of drug-likeness (QED) is 0.580. The Morgan fingerprint density at radius 2 is 1.97 bits per heavy atom. The number of hydrogen-bond donors (Lipinski definition) is 1. The Kier molecular flexibility index (Phi) is 5.85. The van der Waals surface area contributed by atoms with E-state index in [2.05, 4.69) is 16.4 Å². The van der Waals surface area contributed by atoms with E-state index in [9.17, 15) is 10.1 Å². The van der Waals surface area contributed by atoms with E-state index in [-0.39, 0.29) is 23.0 Å². The number of anilines is 1. The molecule has 3 aromatic rings. The first-order valence-electron chi connectivity index (χ1n) is 12.0. The molecule has 1 atom stereocenters. The second-order valence-electron chi connectivity index (χ2n) is 9.61. The number of fused-ring (bicyclic) bond motifs is 1. The zero-order chi connectivity index (χ0) is 24.7. The van der Waals surface area contributed by atoms with Gasteiger partial charge in [0.2, 0.25) is 5.75 Å². The molecule has 0 spiro atoms. The lowest BCUT2D eigenvalue weighted by Crippen LogP contribution is -2.49. The fraction of sp³-hybridized carbons (Fsp3) is 0.462. The maximum Gasteiger partial charge on any atom is 0.313 e. The lowest BCUT2D eigenvalue weighted by atomic mass is 9.98. The van der Waals surface area contributed by atoms with E-state index < -0.39 is 0 Å². The van der Waals surface area contributed by atoms with Crippen molar-refractivity contribution in [2.75, 3.05) is 36.6 Å². The molecule has 3 heterocycles. The van der Waals surface area contributed by atoms with E-state index in [0.717, 1.165) is 24.0 Å². The Hall–Kier alpha value is -3.64. The maximum atomic E-state index is 13.6. The number of nitrogens with one attached hydrogen (secondary N) is 1. The van der Waals surface area contributed by atoms with Crippen molar-refractivity contribution in [1.29, 1.82) is 5.26 Å². The molecule has 9 heteroatoms. The molecule has 0 bridgehead atoms. The number of benzene rings is 1. The molecule has 0 radical (unpaired) electrons. The van der Waals surface area contributed by atoms with E-state index >= 15 is 0 Å². The number of nitriles is 1. The van der Waals surface area contributed by atoms with Gasteiger partial charge in [0.05, 0.1) is 49.4 Å². The highest BCUT2D eigenvalue weighted by molar-refractivity contribution is 5.92. The Labute approximate surface area is 204 Å². The number of ether oxygens (including phenoxy) is 2. The van der Waals surface area contributed by atoms with Crippen molar-refractivity contribution in [3.8, 4) is 11.8 Å². The maximum absolute atomic E-state index is 13.6. The molecule has 9 nitrogen and oxygen atoms in total. The van der Waals surface area contributed by atoms with E-state index in [1.54, 1.807) is 10.9 Å². The third-order valence-corrected chi connectivity index (χ3v) is 6.84. The molecule has 1 aliphatic heterocycles. The number of nitrogens with zero attached hydrogens (tertiary/aromatic N) is 5. The summed E-state index contributed by atoms with van der Waals surface area (Å²) in [7, 11) is 0. The lowest BCUT2D eigenvalue weighted by Gasteiger charge is -2.31. The highest BCUT2D eigenvalue weighted by atomic mass is 16.5. The van der Waals surface area contributed by atoms with Gasteiger partial charge in [-0.2, -0.15) is 5.26 Å². The second-order valence-corrected chi connectivity index (χ2v) is 9.61. The highest BCUT2D eigenvalue weighted by Gasteiger charge is 2.41. The van der Waals surface area contributed by atoms with Crippen LogP contribution in [-0.4, -0.2) is 46.5 Å². The van der Waals surface area contributed by atoms with Gasteiger partial charge in [-0.3, -0.25) is 4.79 Å². The van der Waals surface area contributed by atoms with Crippen molar-refractivity contribution in [1.82, 2.24) is 14.6 Å². The van der Waals surface area contributed by atoms with Gasteiger partial charge >= 0.3 is 5.56 Å². The first kappa shape index (κ1) is 23.1. The van der Waals surface area contributed by atoms with E-state index in [0.29, 0.717) is 54.4 Å². The van der Waals surface area contributed by atoms with Crippen LogP contribution in [0.15, 0.2) is 29.2 Å². The fourth-order valence-electron chi connectivity index (χ4n) is 4.50. The Bertz CT molecular complexity index is 1380. The van der Waals surface area contributed by atoms with Gasteiger partial charge in [0.15, 0.2) is 0 Å². The average Bonchev–Trinajstić information content (AvgIpc) is 3.58. The van der Waals surface area contributed by atoms with Crippen LogP contribution in [0.25, 0.3) is 10.9 Å². The molecule has 35 heavy (non-hydrogen) atoms. The first-order valence-corrected chi connectivity index (χ1v) is 12.0. The molecule has 1 aliphatic carbocycles. The average molecular weight is 475 g/mol. The smallest absolute Gasteiger partial charge is 0.313 e. The molecule has 1 saturated heterocycles. The second kappa shape index (κ2) is 8.86. The molecule has 1 saturated carbocycles. The van der Waals surface area contributed by atoms with Gasteiger partial charge in [-0.1, -0.05) is 12.1 Å². The molecular formula is C26H30N6O3. The van der Waals surface area contributed by atoms with Crippen LogP contribution in [0.2, 0.25) is 0 Å². The summed E-state index contributed by atoms with van der Waals surface area (Å²) in [5.41, 5.74) is 2.54. The van der Waals surface area contributed by atoms with Crippen LogP contribution < -0.4 is 20.6 Å². The molecule has 0 amide bonds. The van der Waals surface area contributed by atoms with Crippen molar-refractivity contribution >= 4 is 16.7 Å². The molecule has 2 fully saturated rings. The van der Waals surface area contributed by atoms with E-state index in [1.165, 1.54) is 0 Å². The summed E-state index contributed by atoms with van der Waals surface area (Å²) < 4.78 is 13.4. The molecule has 2 aromatic heterocycles. The Morgan fingerprint density at radius 1 is 1.23 bits per heavy atom. The van der Waals surface area contributed by atoms with Crippen LogP contribution in [-0.2, 0) is 4.74 Å². The van der Waals surface area contributed by atoms with E-state index in [4.69, 9.17) is 14.5 Å². The van der Waals surface area contributed by atoms with Gasteiger partial charge in [-0.25, -0.2) is 14.6 Å². The first-order chi connectivity index (χ1) is 16.8. The largest absolute Gasteiger partial charge is 0.480 e. The highest BCUT2D eigenvalue weighted by Crippen LogP contribution is 2.40. The summed E-state index contributed by atoms with van der Waals surface area (Å²) in [4.78, 5) is 23.0. The van der Waals surface area contributed by atoms with Crippen molar-refractivity contribution in [3.63, 3.8) is 0 Å². The van der Waals surface area contributed by atoms with Gasteiger partial charge in [-0.05, 0) is 57.7 Å². The van der Waals surface area contributed by atoms with Crippen LogP contribution in [0.4, 0.5) is 5.82 Å². The zero-order valence-corrected chi connectivity index (χ0v) is 20.6. The lowest BCUT2D eigenvalue weighted by molar-refractivity contribution is 0.110. The van der Waals surface area contributed by atoms with Gasteiger partial charge in [0.25, 0.3) is 0 Å². The molecule has 0 unspecified atom stereocenters. The molecule has 2 aliphatic rings. The Balaban J connectivity index is 1.64. The Morgan fingerprint density at radius 3 is 2.66 bits per heavy atom. The molecule has 1 N–H and O–H groups in total. The van der Waals surface area contributed by atoms with Gasteiger partial charge in [0.1, 0.15) is 22.8 Å². The topological polar surface area (TPSA) is 105 Å². The minimum atomic E-state index is -0.342. The van der Waals surface area contributed by atoms with Gasteiger partial charge in [0, 0.05) is 6.20 Å². The SMILES string of the molecule is Cc1nc(N[C@H](C)c2cccc(C#N)c2C)c2cn(N3CCOCC3)c(=O)c(OC3(C)CC3)c2n1. The number of pyridine rings is 1. The van der Waals surface area contributed by atoms with E-state index in [1.807, 2.05) is 50.9 Å². The summed E-state index contributed by atoms with van der Waals surface area (Å²) in [5, 5.41) is 15.6. The monoisotopic (exact) mass is 474 g/mol. The van der Waals surface area contributed by atoms with Crippen LogP contribution in [0.1, 0.15) is 55.2 Å². The summed E-state index contributed by atoms with van der Waals surface area (Å²) in [6.07, 6.45) is 3.61. The third kappa shape index (κ3) is 4.42. The molecule has 1 aromatic carbocycles. The predicted octanol–water partition coefficient (Wildman–Crippen LogP) is 3.35. The normalized spacial score (nSPS) is 17.6. The number of morpholine rings is 1. The van der Waals surface area contributed by atoms with Crippen LogP contribution in [0.3, 0.4) is 0 Å². The van der Waals surface area contributed by atoms with Crippen LogP contribution in [0, 0.1) is 25.2 Å². The molecule has 182 valence electrons. The minimum Gasteiger partial charge on any atom is -0.480 e.